The van der Waals surface area contributed by atoms with Gasteiger partial charge in [-0.2, -0.15) is 0 Å². The van der Waals surface area contributed by atoms with Crippen LogP contribution in [-0.4, -0.2) is 12.5 Å². The highest BCUT2D eigenvalue weighted by atomic mass is 35.5. The van der Waals surface area contributed by atoms with Gasteiger partial charge in [-0.25, -0.2) is 0 Å². The average Bonchev–Trinajstić information content (AvgIpc) is 2.77. The molecule has 1 saturated heterocycles. The van der Waals surface area contributed by atoms with Gasteiger partial charge >= 0.3 is 0 Å². The van der Waals surface area contributed by atoms with E-state index in [0.717, 1.165) is 19.4 Å². The molecule has 0 amide bonds. The first-order valence-corrected chi connectivity index (χ1v) is 6.96. The summed E-state index contributed by atoms with van der Waals surface area (Å²) in [4.78, 5) is 2.80. The first-order chi connectivity index (χ1) is 7.35. The van der Waals surface area contributed by atoms with Crippen molar-refractivity contribution in [3.05, 3.63) is 21.9 Å². The molecule has 1 aliphatic rings. The van der Waals surface area contributed by atoms with Crippen LogP contribution in [0.15, 0.2) is 12.1 Å². The maximum absolute atomic E-state index is 5.99. The van der Waals surface area contributed by atoms with Crippen molar-refractivity contribution in [2.24, 2.45) is 5.92 Å². The molecule has 2 heterocycles. The van der Waals surface area contributed by atoms with Gasteiger partial charge in [-0.1, -0.05) is 6.92 Å². The second-order valence-corrected chi connectivity index (χ2v) is 5.51. The molecule has 1 aliphatic heterocycles. The van der Waals surface area contributed by atoms with E-state index in [-0.39, 0.29) is 6.10 Å². The largest absolute Gasteiger partial charge is 0.372 e. The Labute approximate surface area is 100 Å². The predicted octanol–water partition coefficient (Wildman–Crippen LogP) is 4.02. The zero-order valence-corrected chi connectivity index (χ0v) is 10.6. The molecule has 1 aromatic heterocycles. The fourth-order valence-corrected chi connectivity index (χ4v) is 3.47. The summed E-state index contributed by atoms with van der Waals surface area (Å²) in [5.74, 6) is 1.22. The number of alkyl halides is 1. The number of ether oxygens (including phenoxy) is 1. The fourth-order valence-electron chi connectivity index (χ4n) is 2.05. The van der Waals surface area contributed by atoms with Crippen molar-refractivity contribution in [3.63, 3.8) is 0 Å². The molecular weight excluding hydrogens is 228 g/mol. The van der Waals surface area contributed by atoms with E-state index in [1.165, 1.54) is 16.2 Å². The van der Waals surface area contributed by atoms with Crippen LogP contribution in [0.5, 0.6) is 0 Å². The highest BCUT2D eigenvalue weighted by Gasteiger charge is 2.27. The summed E-state index contributed by atoms with van der Waals surface area (Å²) < 4.78 is 5.85. The van der Waals surface area contributed by atoms with Crippen molar-refractivity contribution in [2.45, 2.75) is 32.3 Å². The van der Waals surface area contributed by atoms with Gasteiger partial charge in [0.05, 0.1) is 6.10 Å². The maximum atomic E-state index is 5.99. The van der Waals surface area contributed by atoms with E-state index >= 15 is 0 Å². The van der Waals surface area contributed by atoms with Gasteiger partial charge in [-0.3, -0.25) is 0 Å². The molecule has 0 radical (unpaired) electrons. The number of halogens is 1. The van der Waals surface area contributed by atoms with Gasteiger partial charge in [-0.05, 0) is 31.4 Å². The lowest BCUT2D eigenvalue weighted by molar-refractivity contribution is -0.0186. The van der Waals surface area contributed by atoms with Crippen LogP contribution in [-0.2, 0) is 11.2 Å². The zero-order valence-electron chi connectivity index (χ0n) is 9.04. The number of hydrogen-bond donors (Lipinski definition) is 0. The normalized spacial score (nSPS) is 26.8. The SMILES string of the molecule is CCc1ccc(C2OCCCC2CCl)s1. The third-order valence-electron chi connectivity index (χ3n) is 2.95. The van der Waals surface area contributed by atoms with Crippen molar-refractivity contribution >= 4 is 22.9 Å². The number of aryl methyl sites for hydroxylation is 1. The molecule has 2 unspecified atom stereocenters. The molecule has 0 spiro atoms. The van der Waals surface area contributed by atoms with Gasteiger partial charge in [0.1, 0.15) is 0 Å². The summed E-state index contributed by atoms with van der Waals surface area (Å²) in [6.07, 6.45) is 3.72. The standard InChI is InChI=1S/C12H17ClOS/c1-2-10-5-6-11(15-10)12-9(8-13)4-3-7-14-12/h5-6,9,12H,2-4,7-8H2,1H3. The van der Waals surface area contributed by atoms with Gasteiger partial charge < -0.3 is 4.74 Å². The Balaban J connectivity index is 2.12. The van der Waals surface area contributed by atoms with Crippen molar-refractivity contribution < 1.29 is 4.74 Å². The Hall–Kier alpha value is -0.0500. The molecule has 0 N–H and O–H groups in total. The maximum Gasteiger partial charge on any atom is 0.0956 e. The molecular formula is C12H17ClOS. The summed E-state index contributed by atoms with van der Waals surface area (Å²) in [6, 6.07) is 4.42. The van der Waals surface area contributed by atoms with Crippen molar-refractivity contribution in [3.8, 4) is 0 Å². The Morgan fingerprint density at radius 1 is 1.53 bits per heavy atom. The van der Waals surface area contributed by atoms with E-state index in [9.17, 15) is 0 Å². The Morgan fingerprint density at radius 3 is 3.07 bits per heavy atom. The topological polar surface area (TPSA) is 9.23 Å². The van der Waals surface area contributed by atoms with E-state index in [2.05, 4.69) is 19.1 Å². The first-order valence-electron chi connectivity index (χ1n) is 5.61. The summed E-state index contributed by atoms with van der Waals surface area (Å²) in [5, 5.41) is 0. The third kappa shape index (κ3) is 2.55. The summed E-state index contributed by atoms with van der Waals surface area (Å²) in [6.45, 7) is 3.08. The van der Waals surface area contributed by atoms with Crippen LogP contribution in [0.4, 0.5) is 0 Å². The lowest BCUT2D eigenvalue weighted by Crippen LogP contribution is -2.22. The van der Waals surface area contributed by atoms with Crippen LogP contribution in [0.25, 0.3) is 0 Å². The monoisotopic (exact) mass is 244 g/mol. The minimum absolute atomic E-state index is 0.251. The van der Waals surface area contributed by atoms with Gasteiger partial charge in [0.2, 0.25) is 0 Å². The van der Waals surface area contributed by atoms with Crippen LogP contribution in [0, 0.1) is 5.92 Å². The highest BCUT2D eigenvalue weighted by molar-refractivity contribution is 7.12. The second-order valence-electron chi connectivity index (χ2n) is 4.01. The zero-order chi connectivity index (χ0) is 10.7. The molecule has 1 fully saturated rings. The lowest BCUT2D eigenvalue weighted by atomic mass is 9.95. The molecule has 2 atom stereocenters. The van der Waals surface area contributed by atoms with Gasteiger partial charge in [0, 0.05) is 28.2 Å². The van der Waals surface area contributed by atoms with Crippen molar-refractivity contribution in [2.75, 3.05) is 12.5 Å². The summed E-state index contributed by atoms with van der Waals surface area (Å²) in [7, 11) is 0. The Bertz CT molecular complexity index is 310. The van der Waals surface area contributed by atoms with Gasteiger partial charge in [0.15, 0.2) is 0 Å². The van der Waals surface area contributed by atoms with E-state index < -0.39 is 0 Å². The molecule has 84 valence electrons. The van der Waals surface area contributed by atoms with Gasteiger partial charge in [-0.15, -0.1) is 22.9 Å². The van der Waals surface area contributed by atoms with E-state index in [4.69, 9.17) is 16.3 Å². The van der Waals surface area contributed by atoms with E-state index in [0.29, 0.717) is 11.8 Å². The third-order valence-corrected chi connectivity index (χ3v) is 4.64. The van der Waals surface area contributed by atoms with E-state index in [1.807, 2.05) is 11.3 Å². The van der Waals surface area contributed by atoms with Crippen molar-refractivity contribution in [1.29, 1.82) is 0 Å². The lowest BCUT2D eigenvalue weighted by Gasteiger charge is -2.29. The summed E-state index contributed by atoms with van der Waals surface area (Å²) in [5.41, 5.74) is 0. The molecule has 1 aromatic rings. The smallest absolute Gasteiger partial charge is 0.0956 e. The fraction of sp³-hybridized carbons (Fsp3) is 0.667. The van der Waals surface area contributed by atoms with Crippen LogP contribution >= 0.6 is 22.9 Å². The number of hydrogen-bond acceptors (Lipinski definition) is 2. The molecule has 1 nitrogen and oxygen atoms in total. The minimum atomic E-state index is 0.251. The second kappa shape index (κ2) is 5.33. The van der Waals surface area contributed by atoms with Crippen molar-refractivity contribution in [1.82, 2.24) is 0 Å². The van der Waals surface area contributed by atoms with Crippen LogP contribution in [0.3, 0.4) is 0 Å². The molecule has 0 saturated carbocycles. The van der Waals surface area contributed by atoms with Crippen LogP contribution < -0.4 is 0 Å². The van der Waals surface area contributed by atoms with Crippen LogP contribution in [0.2, 0.25) is 0 Å². The Kier molecular flexibility index (Phi) is 4.06. The molecule has 0 aromatic carbocycles. The number of rotatable bonds is 3. The summed E-state index contributed by atoms with van der Waals surface area (Å²) >= 11 is 7.87. The predicted molar refractivity (Wildman–Crippen MR) is 65.8 cm³/mol. The molecule has 3 heteroatoms. The molecule has 0 bridgehead atoms. The molecule has 0 aliphatic carbocycles. The number of thiophene rings is 1. The molecule has 2 rings (SSSR count). The highest BCUT2D eigenvalue weighted by Crippen LogP contribution is 2.37. The first kappa shape index (κ1) is 11.4. The minimum Gasteiger partial charge on any atom is -0.372 e. The van der Waals surface area contributed by atoms with Gasteiger partial charge in [0.25, 0.3) is 0 Å². The Morgan fingerprint density at radius 2 is 2.40 bits per heavy atom. The molecule has 15 heavy (non-hydrogen) atoms. The average molecular weight is 245 g/mol. The van der Waals surface area contributed by atoms with Crippen LogP contribution in [0.1, 0.15) is 35.6 Å². The van der Waals surface area contributed by atoms with E-state index in [1.54, 1.807) is 0 Å². The quantitative estimate of drug-likeness (QED) is 0.730.